The number of nitrogens with one attached hydrogen (secondary N) is 1. The Kier molecular flexibility index (Phi) is 5.22. The van der Waals surface area contributed by atoms with Crippen molar-refractivity contribution in [2.45, 2.75) is 50.6 Å². The van der Waals surface area contributed by atoms with Crippen molar-refractivity contribution >= 4 is 16.8 Å². The molecular formula is C25H27N3O3. The number of aromatic nitrogens is 2. The molecule has 1 heterocycles. The SMILES string of the molecule is COc1ccc(C(NC(=O)CCc2nc3ccccc3c(=O)n2C2CC2)C2CC2)cc1. The van der Waals surface area contributed by atoms with Crippen LogP contribution in [0.3, 0.4) is 0 Å². The summed E-state index contributed by atoms with van der Waals surface area (Å²) in [6.07, 6.45) is 5.04. The second-order valence-corrected chi connectivity index (χ2v) is 8.61. The topological polar surface area (TPSA) is 73.2 Å². The van der Waals surface area contributed by atoms with E-state index in [2.05, 4.69) is 5.32 Å². The summed E-state index contributed by atoms with van der Waals surface area (Å²) >= 11 is 0. The molecule has 0 spiro atoms. The van der Waals surface area contributed by atoms with Gasteiger partial charge < -0.3 is 10.1 Å². The number of methoxy groups -OCH3 is 1. The standard InChI is InChI=1S/C25H27N3O3/c1-31-19-12-8-17(9-13-19)24(16-6-7-16)27-23(29)15-14-22-26-21-5-3-2-4-20(21)25(30)28(22)18-10-11-18/h2-5,8-9,12-13,16,18,24H,6-7,10-11,14-15H2,1H3,(H,27,29). The monoisotopic (exact) mass is 417 g/mol. The highest BCUT2D eigenvalue weighted by Crippen LogP contribution is 2.41. The molecule has 2 fully saturated rings. The molecule has 0 aliphatic heterocycles. The first-order valence-electron chi connectivity index (χ1n) is 11.1. The van der Waals surface area contributed by atoms with Crippen LogP contribution in [0.4, 0.5) is 0 Å². The maximum atomic E-state index is 13.0. The van der Waals surface area contributed by atoms with Gasteiger partial charge in [0.05, 0.1) is 24.1 Å². The fourth-order valence-corrected chi connectivity index (χ4v) is 4.26. The number of amides is 1. The van der Waals surface area contributed by atoms with Crippen LogP contribution in [0, 0.1) is 5.92 Å². The summed E-state index contributed by atoms with van der Waals surface area (Å²) in [7, 11) is 1.65. The Bertz CT molecular complexity index is 1160. The van der Waals surface area contributed by atoms with Gasteiger partial charge in [0.1, 0.15) is 11.6 Å². The summed E-state index contributed by atoms with van der Waals surface area (Å²) in [5, 5.41) is 3.87. The van der Waals surface area contributed by atoms with Crippen LogP contribution in [-0.2, 0) is 11.2 Å². The van der Waals surface area contributed by atoms with Gasteiger partial charge in [0.25, 0.3) is 5.56 Å². The predicted molar refractivity (Wildman–Crippen MR) is 119 cm³/mol. The van der Waals surface area contributed by atoms with E-state index in [0.717, 1.165) is 37.0 Å². The molecule has 1 N–H and O–H groups in total. The summed E-state index contributed by atoms with van der Waals surface area (Å²) in [4.78, 5) is 30.6. The number of para-hydroxylation sites is 1. The quantitative estimate of drug-likeness (QED) is 0.603. The molecule has 160 valence electrons. The first-order chi connectivity index (χ1) is 15.1. The second-order valence-electron chi connectivity index (χ2n) is 8.61. The van der Waals surface area contributed by atoms with Gasteiger partial charge in [-0.2, -0.15) is 0 Å². The van der Waals surface area contributed by atoms with Crippen LogP contribution in [0.1, 0.15) is 55.6 Å². The number of fused-ring (bicyclic) bond motifs is 1. The Morgan fingerprint density at radius 3 is 2.55 bits per heavy atom. The highest BCUT2D eigenvalue weighted by Gasteiger charge is 2.33. The third-order valence-electron chi connectivity index (χ3n) is 6.25. The highest BCUT2D eigenvalue weighted by atomic mass is 16.5. The van der Waals surface area contributed by atoms with Crippen molar-refractivity contribution in [2.24, 2.45) is 5.92 Å². The number of aryl methyl sites for hydroxylation is 1. The average molecular weight is 418 g/mol. The molecule has 1 unspecified atom stereocenters. The van der Waals surface area contributed by atoms with Crippen LogP contribution < -0.4 is 15.6 Å². The van der Waals surface area contributed by atoms with E-state index >= 15 is 0 Å². The Balaban J connectivity index is 1.32. The largest absolute Gasteiger partial charge is 0.497 e. The van der Waals surface area contributed by atoms with E-state index in [1.807, 2.05) is 53.1 Å². The smallest absolute Gasteiger partial charge is 0.261 e. The molecule has 3 aromatic rings. The minimum absolute atomic E-state index is 0.00234. The molecule has 2 saturated carbocycles. The molecular weight excluding hydrogens is 390 g/mol. The number of benzene rings is 2. The molecule has 1 amide bonds. The van der Waals surface area contributed by atoms with Gasteiger partial charge in [-0.25, -0.2) is 4.98 Å². The summed E-state index contributed by atoms with van der Waals surface area (Å²) < 4.78 is 7.06. The molecule has 2 aliphatic carbocycles. The lowest BCUT2D eigenvalue weighted by Gasteiger charge is -2.19. The van der Waals surface area contributed by atoms with E-state index in [9.17, 15) is 9.59 Å². The van der Waals surface area contributed by atoms with Crippen molar-refractivity contribution in [3.05, 3.63) is 70.3 Å². The zero-order valence-corrected chi connectivity index (χ0v) is 17.7. The Hall–Kier alpha value is -3.15. The van der Waals surface area contributed by atoms with Crippen LogP contribution in [-0.4, -0.2) is 22.6 Å². The summed E-state index contributed by atoms with van der Waals surface area (Å²) in [6.45, 7) is 0. The molecule has 6 nitrogen and oxygen atoms in total. The van der Waals surface area contributed by atoms with Crippen molar-refractivity contribution in [3.63, 3.8) is 0 Å². The first-order valence-corrected chi connectivity index (χ1v) is 11.1. The molecule has 0 radical (unpaired) electrons. The maximum absolute atomic E-state index is 13.0. The number of hydrogen-bond donors (Lipinski definition) is 1. The third-order valence-corrected chi connectivity index (χ3v) is 6.25. The van der Waals surface area contributed by atoms with E-state index in [1.54, 1.807) is 7.11 Å². The molecule has 1 atom stereocenters. The molecule has 1 aromatic heterocycles. The molecule has 0 bridgehead atoms. The predicted octanol–water partition coefficient (Wildman–Crippen LogP) is 3.94. The normalized spacial score (nSPS) is 16.8. The molecule has 0 saturated heterocycles. The number of rotatable bonds is 8. The number of hydrogen-bond acceptors (Lipinski definition) is 4. The van der Waals surface area contributed by atoms with Gasteiger partial charge in [-0.3, -0.25) is 14.2 Å². The van der Waals surface area contributed by atoms with E-state index in [0.29, 0.717) is 35.5 Å². The van der Waals surface area contributed by atoms with Gasteiger partial charge in [-0.15, -0.1) is 0 Å². The fourth-order valence-electron chi connectivity index (χ4n) is 4.26. The van der Waals surface area contributed by atoms with Gasteiger partial charge in [0, 0.05) is 18.9 Å². The van der Waals surface area contributed by atoms with Crippen LogP contribution in [0.2, 0.25) is 0 Å². The zero-order chi connectivity index (χ0) is 21.4. The third kappa shape index (κ3) is 4.20. The van der Waals surface area contributed by atoms with E-state index < -0.39 is 0 Å². The van der Waals surface area contributed by atoms with Gasteiger partial charge >= 0.3 is 0 Å². The van der Waals surface area contributed by atoms with E-state index in [4.69, 9.17) is 9.72 Å². The van der Waals surface area contributed by atoms with E-state index in [-0.39, 0.29) is 23.6 Å². The van der Waals surface area contributed by atoms with Crippen LogP contribution in [0.15, 0.2) is 53.3 Å². The minimum atomic E-state index is -0.00234. The fraction of sp³-hybridized carbons (Fsp3) is 0.400. The van der Waals surface area contributed by atoms with Gasteiger partial charge in [-0.1, -0.05) is 24.3 Å². The zero-order valence-electron chi connectivity index (χ0n) is 17.7. The molecule has 6 heteroatoms. The summed E-state index contributed by atoms with van der Waals surface area (Å²) in [5.74, 6) is 2.01. The number of carbonyl (C=O) groups is 1. The van der Waals surface area contributed by atoms with Crippen LogP contribution in [0.25, 0.3) is 10.9 Å². The molecule has 2 aliphatic rings. The van der Waals surface area contributed by atoms with Crippen molar-refractivity contribution < 1.29 is 9.53 Å². The second kappa shape index (κ2) is 8.17. The van der Waals surface area contributed by atoms with Crippen molar-refractivity contribution in [2.75, 3.05) is 7.11 Å². The lowest BCUT2D eigenvalue weighted by Crippen LogP contribution is -2.31. The number of nitrogens with zero attached hydrogens (tertiary/aromatic N) is 2. The summed E-state index contributed by atoms with van der Waals surface area (Å²) in [6, 6.07) is 15.6. The van der Waals surface area contributed by atoms with Crippen LogP contribution >= 0.6 is 0 Å². The molecule has 5 rings (SSSR count). The van der Waals surface area contributed by atoms with Crippen molar-refractivity contribution in [1.29, 1.82) is 0 Å². The number of ether oxygens (including phenoxy) is 1. The Morgan fingerprint density at radius 1 is 1.13 bits per heavy atom. The lowest BCUT2D eigenvalue weighted by molar-refractivity contribution is -0.122. The minimum Gasteiger partial charge on any atom is -0.497 e. The number of carbonyl (C=O) groups excluding carboxylic acids is 1. The first kappa shape index (κ1) is 19.8. The Morgan fingerprint density at radius 2 is 1.87 bits per heavy atom. The summed E-state index contributed by atoms with van der Waals surface area (Å²) in [5.41, 5.74) is 1.82. The van der Waals surface area contributed by atoms with E-state index in [1.165, 1.54) is 0 Å². The highest BCUT2D eigenvalue weighted by molar-refractivity contribution is 5.78. The van der Waals surface area contributed by atoms with Gasteiger partial charge in [0.2, 0.25) is 5.91 Å². The van der Waals surface area contributed by atoms with Crippen molar-refractivity contribution in [3.8, 4) is 5.75 Å². The maximum Gasteiger partial charge on any atom is 0.261 e. The van der Waals surface area contributed by atoms with Crippen molar-refractivity contribution in [1.82, 2.24) is 14.9 Å². The average Bonchev–Trinajstić information content (AvgIpc) is 3.70. The molecule has 2 aromatic carbocycles. The van der Waals surface area contributed by atoms with Gasteiger partial charge in [-0.05, 0) is 61.4 Å². The van der Waals surface area contributed by atoms with Gasteiger partial charge in [0.15, 0.2) is 0 Å². The lowest BCUT2D eigenvalue weighted by atomic mass is 10.0. The molecule has 31 heavy (non-hydrogen) atoms. The Labute approximate surface area is 181 Å². The van der Waals surface area contributed by atoms with Crippen LogP contribution in [0.5, 0.6) is 5.75 Å².